The number of ether oxygens (including phenoxy) is 1. The molecule has 3 rings (SSSR count). The predicted molar refractivity (Wildman–Crippen MR) is 101 cm³/mol. The van der Waals surface area contributed by atoms with Crippen molar-refractivity contribution >= 4 is 11.6 Å². The number of hydrogen-bond donors (Lipinski definition) is 2. The van der Waals surface area contributed by atoms with Gasteiger partial charge in [0.1, 0.15) is 12.1 Å². The second-order valence-electron chi connectivity index (χ2n) is 6.71. The fraction of sp³-hybridized carbons (Fsp3) is 0.450. The van der Waals surface area contributed by atoms with Crippen molar-refractivity contribution in [1.29, 1.82) is 0 Å². The Morgan fingerprint density at radius 3 is 3.11 bits per heavy atom. The maximum Gasteiger partial charge on any atom is 0.199 e. The highest BCUT2D eigenvalue weighted by Crippen LogP contribution is 2.29. The van der Waals surface area contributed by atoms with Crippen molar-refractivity contribution in [3.63, 3.8) is 0 Å². The molecule has 3 unspecified atom stereocenters. The second kappa shape index (κ2) is 8.80. The van der Waals surface area contributed by atoms with Crippen LogP contribution in [-0.4, -0.2) is 51.3 Å². The normalized spacial score (nSPS) is 21.5. The van der Waals surface area contributed by atoms with Crippen LogP contribution in [0, 0.1) is 17.8 Å². The number of aliphatic hydroxyl groups excluding tert-OH is 1. The number of carbonyl (C=O) groups excluding carboxylic acids is 1. The molecule has 0 bridgehead atoms. The van der Waals surface area contributed by atoms with E-state index >= 15 is 0 Å². The molecule has 0 saturated heterocycles. The summed E-state index contributed by atoms with van der Waals surface area (Å²) in [5.41, 5.74) is 0.982. The quantitative estimate of drug-likeness (QED) is 0.572. The smallest absolute Gasteiger partial charge is 0.199 e. The second-order valence-corrected chi connectivity index (χ2v) is 6.71. The van der Waals surface area contributed by atoms with Crippen molar-refractivity contribution in [1.82, 2.24) is 14.5 Å². The lowest BCUT2D eigenvalue weighted by Crippen LogP contribution is -2.20. The van der Waals surface area contributed by atoms with Gasteiger partial charge in [-0.05, 0) is 25.8 Å². The van der Waals surface area contributed by atoms with Crippen LogP contribution in [0.25, 0.3) is 0 Å². The van der Waals surface area contributed by atoms with E-state index < -0.39 is 6.10 Å². The molecule has 7 nitrogen and oxygen atoms in total. The van der Waals surface area contributed by atoms with Crippen molar-refractivity contribution in [3.8, 4) is 11.8 Å². The van der Waals surface area contributed by atoms with Crippen LogP contribution in [0.4, 0.5) is 5.82 Å². The molecular weight excluding hydrogens is 344 g/mol. The van der Waals surface area contributed by atoms with E-state index in [1.54, 1.807) is 26.3 Å². The summed E-state index contributed by atoms with van der Waals surface area (Å²) >= 11 is 0. The molecule has 2 N–H and O–H groups in total. The number of hydrogen-bond acceptors (Lipinski definition) is 6. The number of methoxy groups -OCH3 is 1. The van der Waals surface area contributed by atoms with E-state index in [2.05, 4.69) is 27.1 Å². The summed E-state index contributed by atoms with van der Waals surface area (Å²) in [4.78, 5) is 21.2. The van der Waals surface area contributed by atoms with Gasteiger partial charge in [-0.1, -0.05) is 5.92 Å². The van der Waals surface area contributed by atoms with E-state index in [0.29, 0.717) is 36.5 Å². The fourth-order valence-corrected chi connectivity index (χ4v) is 3.42. The van der Waals surface area contributed by atoms with Crippen molar-refractivity contribution in [2.45, 2.75) is 38.5 Å². The van der Waals surface area contributed by atoms with E-state index in [0.717, 1.165) is 6.42 Å². The molecule has 0 aliphatic heterocycles. The zero-order chi connectivity index (χ0) is 19.2. The topological polar surface area (TPSA) is 89.3 Å². The van der Waals surface area contributed by atoms with Crippen LogP contribution < -0.4 is 5.32 Å². The third-order valence-electron chi connectivity index (χ3n) is 4.79. The van der Waals surface area contributed by atoms with Crippen molar-refractivity contribution < 1.29 is 14.6 Å². The van der Waals surface area contributed by atoms with Gasteiger partial charge >= 0.3 is 0 Å². The van der Waals surface area contributed by atoms with E-state index in [1.165, 1.54) is 12.5 Å². The van der Waals surface area contributed by atoms with Crippen molar-refractivity contribution in [2.24, 2.45) is 5.92 Å². The molecule has 2 heterocycles. The summed E-state index contributed by atoms with van der Waals surface area (Å²) < 4.78 is 7.03. The molecule has 0 aromatic carbocycles. The summed E-state index contributed by atoms with van der Waals surface area (Å²) in [6.45, 7) is 2.84. The lowest BCUT2D eigenvalue weighted by Gasteiger charge is -2.15. The lowest BCUT2D eigenvalue weighted by molar-refractivity contribution is 0.0683. The lowest BCUT2D eigenvalue weighted by atomic mass is 10.1. The molecule has 1 saturated carbocycles. The Balaban J connectivity index is 1.74. The molecule has 1 aliphatic rings. The van der Waals surface area contributed by atoms with Crippen LogP contribution in [0.1, 0.15) is 35.7 Å². The first-order valence-electron chi connectivity index (χ1n) is 8.96. The molecule has 0 radical (unpaired) electrons. The number of carbonyl (C=O) groups is 1. The third-order valence-corrected chi connectivity index (χ3v) is 4.79. The summed E-state index contributed by atoms with van der Waals surface area (Å²) in [6.07, 6.45) is 7.49. The molecule has 142 valence electrons. The van der Waals surface area contributed by atoms with Crippen LogP contribution in [0.15, 0.2) is 31.0 Å². The minimum atomic E-state index is -0.419. The zero-order valence-corrected chi connectivity index (χ0v) is 15.6. The summed E-state index contributed by atoms with van der Waals surface area (Å²) in [5.74, 6) is 6.23. The summed E-state index contributed by atoms with van der Waals surface area (Å²) in [6, 6.07) is 1.80. The average molecular weight is 368 g/mol. The van der Waals surface area contributed by atoms with Gasteiger partial charge in [-0.15, -0.1) is 5.92 Å². The van der Waals surface area contributed by atoms with Crippen LogP contribution in [0.5, 0.6) is 0 Å². The molecule has 2 aromatic rings. The highest BCUT2D eigenvalue weighted by molar-refractivity contribution is 6.11. The standard InChI is InChI=1S/C20H24N4O3/c1-3-4-6-24-7-5-14(11-24)19(26)17-10-21-13-22-20(17)23-16-8-15(12-27-2)18(25)9-16/h5,7,10-11,13,15-16,18,25H,6,8-9,12H2,1-2H3,(H,21,22,23). The maximum atomic E-state index is 12.9. The molecule has 7 heteroatoms. The molecule has 3 atom stereocenters. The molecule has 0 amide bonds. The average Bonchev–Trinajstić information content (AvgIpc) is 3.27. The largest absolute Gasteiger partial charge is 0.393 e. The number of nitrogens with one attached hydrogen (secondary N) is 1. The van der Waals surface area contributed by atoms with Gasteiger partial charge in [0.2, 0.25) is 0 Å². The monoisotopic (exact) mass is 368 g/mol. The molecule has 27 heavy (non-hydrogen) atoms. The summed E-state index contributed by atoms with van der Waals surface area (Å²) in [5, 5.41) is 13.5. The highest BCUT2D eigenvalue weighted by atomic mass is 16.5. The first kappa shape index (κ1) is 19.1. The minimum Gasteiger partial charge on any atom is -0.393 e. The first-order chi connectivity index (χ1) is 13.1. The Kier molecular flexibility index (Phi) is 6.22. The Labute approximate surface area is 158 Å². The van der Waals surface area contributed by atoms with Gasteiger partial charge in [0.15, 0.2) is 5.78 Å². The van der Waals surface area contributed by atoms with Gasteiger partial charge in [0, 0.05) is 43.2 Å². The SMILES string of the molecule is CC#CCn1ccc(C(=O)c2cncnc2NC2CC(O)C(COC)C2)c1. The molecule has 0 spiro atoms. The van der Waals surface area contributed by atoms with Crippen LogP contribution in [-0.2, 0) is 11.3 Å². The Bertz CT molecular complexity index is 852. The van der Waals surface area contributed by atoms with Gasteiger partial charge in [-0.2, -0.15) is 0 Å². The third kappa shape index (κ3) is 4.54. The Hall–Kier alpha value is -2.69. The van der Waals surface area contributed by atoms with Gasteiger partial charge in [0.25, 0.3) is 0 Å². The first-order valence-corrected chi connectivity index (χ1v) is 8.96. The predicted octanol–water partition coefficient (Wildman–Crippen LogP) is 1.73. The van der Waals surface area contributed by atoms with E-state index in [4.69, 9.17) is 4.74 Å². The molecular formula is C20H24N4O3. The van der Waals surface area contributed by atoms with Crippen molar-refractivity contribution in [3.05, 3.63) is 42.1 Å². The minimum absolute atomic E-state index is 0.0334. The molecule has 1 aliphatic carbocycles. The maximum absolute atomic E-state index is 12.9. The van der Waals surface area contributed by atoms with Gasteiger partial charge in [0.05, 0.1) is 24.8 Å². The van der Waals surface area contributed by atoms with E-state index in [-0.39, 0.29) is 17.7 Å². The summed E-state index contributed by atoms with van der Waals surface area (Å²) in [7, 11) is 1.63. The molecule has 1 fully saturated rings. The Morgan fingerprint density at radius 1 is 1.48 bits per heavy atom. The van der Waals surface area contributed by atoms with Crippen molar-refractivity contribution in [2.75, 3.05) is 19.0 Å². The van der Waals surface area contributed by atoms with E-state index in [1.807, 2.05) is 10.8 Å². The number of ketones is 1. The van der Waals surface area contributed by atoms with Gasteiger partial charge in [-0.25, -0.2) is 9.97 Å². The van der Waals surface area contributed by atoms with Crippen LogP contribution in [0.3, 0.4) is 0 Å². The van der Waals surface area contributed by atoms with Gasteiger partial charge in [-0.3, -0.25) is 4.79 Å². The number of rotatable bonds is 7. The Morgan fingerprint density at radius 2 is 2.33 bits per heavy atom. The van der Waals surface area contributed by atoms with Gasteiger partial charge < -0.3 is 19.7 Å². The number of aliphatic hydroxyl groups is 1. The number of nitrogens with zero attached hydrogens (tertiary/aromatic N) is 3. The molecule has 2 aromatic heterocycles. The number of anilines is 1. The highest BCUT2D eigenvalue weighted by Gasteiger charge is 2.33. The fourth-order valence-electron chi connectivity index (χ4n) is 3.42. The van der Waals surface area contributed by atoms with Crippen LogP contribution >= 0.6 is 0 Å². The van der Waals surface area contributed by atoms with Crippen LogP contribution in [0.2, 0.25) is 0 Å². The number of aromatic nitrogens is 3. The van der Waals surface area contributed by atoms with E-state index in [9.17, 15) is 9.90 Å². The zero-order valence-electron chi connectivity index (χ0n) is 15.6.